The zero-order valence-corrected chi connectivity index (χ0v) is 23.2. The fourth-order valence-corrected chi connectivity index (χ4v) is 7.34. The number of hydrogen-bond donors (Lipinski definition) is 2. The molecule has 2 N–H and O–H groups in total. The maximum Gasteiger partial charge on any atom is 0.255 e. The van der Waals surface area contributed by atoms with Crippen LogP contribution in [0.15, 0.2) is 12.1 Å². The third-order valence-corrected chi connectivity index (χ3v) is 10.0. The minimum atomic E-state index is -0.164. The summed E-state index contributed by atoms with van der Waals surface area (Å²) in [6.07, 6.45) is 12.3. The summed E-state index contributed by atoms with van der Waals surface area (Å²) in [6, 6.07) is 3.71. The molecule has 204 valence electrons. The Bertz CT molecular complexity index is 995. The number of rotatable bonds is 9. The van der Waals surface area contributed by atoms with E-state index in [4.69, 9.17) is 9.47 Å². The molecule has 4 aliphatic rings. The molecule has 4 aliphatic carbocycles. The van der Waals surface area contributed by atoms with Crippen molar-refractivity contribution in [1.29, 1.82) is 0 Å². The molecule has 0 radical (unpaired) electrons. The van der Waals surface area contributed by atoms with E-state index in [0.717, 1.165) is 62.3 Å². The van der Waals surface area contributed by atoms with Crippen LogP contribution in [0.3, 0.4) is 0 Å². The standard InChI is InChI=1S/C31H46N2O4/c1-5-20-16-26(36-4)24(17-25(20)37-23-11-7-19(2)8-12-23)29(34)33-28-22-10-9-21(15-22)27(28)30(35)32-18-31(3)13-6-14-31/h16-17,19,21-23,27-28H,5-15,18H2,1-4H3,(H,32,35)(H,33,34)/t19?,21-,22+,23?,27+,28-/m1/s1. The quantitative estimate of drug-likeness (QED) is 0.449. The second kappa shape index (κ2) is 10.9. The Kier molecular flexibility index (Phi) is 7.74. The molecule has 0 aliphatic heterocycles. The topological polar surface area (TPSA) is 76.7 Å². The van der Waals surface area contributed by atoms with E-state index in [9.17, 15) is 9.59 Å². The highest BCUT2D eigenvalue weighted by Crippen LogP contribution is 2.49. The number of hydrogen-bond acceptors (Lipinski definition) is 4. The summed E-state index contributed by atoms with van der Waals surface area (Å²) in [6.45, 7) is 7.41. The van der Waals surface area contributed by atoms with Gasteiger partial charge in [0.1, 0.15) is 11.5 Å². The second-order valence-corrected chi connectivity index (χ2v) is 12.8. The van der Waals surface area contributed by atoms with Crippen molar-refractivity contribution >= 4 is 11.8 Å². The van der Waals surface area contributed by atoms with Crippen molar-refractivity contribution in [1.82, 2.24) is 10.6 Å². The smallest absolute Gasteiger partial charge is 0.255 e. The van der Waals surface area contributed by atoms with E-state index in [1.807, 2.05) is 12.1 Å². The van der Waals surface area contributed by atoms with Crippen LogP contribution < -0.4 is 20.1 Å². The van der Waals surface area contributed by atoms with Crippen LogP contribution in [0.5, 0.6) is 11.5 Å². The third kappa shape index (κ3) is 5.49. The number of carbonyl (C=O) groups excluding carboxylic acids is 2. The average Bonchev–Trinajstić information content (AvgIpc) is 3.49. The Morgan fingerprint density at radius 1 is 1.03 bits per heavy atom. The van der Waals surface area contributed by atoms with E-state index in [2.05, 4.69) is 31.4 Å². The van der Waals surface area contributed by atoms with Gasteiger partial charge in [-0.15, -0.1) is 0 Å². The summed E-state index contributed by atoms with van der Waals surface area (Å²) in [5.74, 6) is 2.66. The number of ether oxygens (including phenoxy) is 2. The van der Waals surface area contributed by atoms with Gasteiger partial charge in [-0.05, 0) is 105 Å². The molecule has 6 heteroatoms. The lowest BCUT2D eigenvalue weighted by atomic mass is 9.70. The Labute approximate surface area is 222 Å². The number of benzene rings is 1. The molecule has 0 spiro atoms. The largest absolute Gasteiger partial charge is 0.496 e. The first-order valence-electron chi connectivity index (χ1n) is 14.8. The molecule has 4 fully saturated rings. The average molecular weight is 511 g/mol. The Morgan fingerprint density at radius 2 is 1.76 bits per heavy atom. The molecule has 0 saturated heterocycles. The summed E-state index contributed by atoms with van der Waals surface area (Å²) in [5.41, 5.74) is 1.81. The highest BCUT2D eigenvalue weighted by atomic mass is 16.5. The van der Waals surface area contributed by atoms with E-state index in [0.29, 0.717) is 23.1 Å². The monoisotopic (exact) mass is 510 g/mol. The molecule has 5 rings (SSSR count). The summed E-state index contributed by atoms with van der Waals surface area (Å²) in [4.78, 5) is 27.1. The van der Waals surface area contributed by atoms with E-state index in [1.54, 1.807) is 7.11 Å². The summed E-state index contributed by atoms with van der Waals surface area (Å²) >= 11 is 0. The molecular formula is C31H46N2O4. The summed E-state index contributed by atoms with van der Waals surface area (Å²) < 4.78 is 12.1. The van der Waals surface area contributed by atoms with Crippen molar-refractivity contribution in [2.75, 3.05) is 13.7 Å². The maximum absolute atomic E-state index is 13.7. The first-order chi connectivity index (χ1) is 17.8. The van der Waals surface area contributed by atoms with Crippen LogP contribution in [-0.4, -0.2) is 37.6 Å². The predicted octanol–water partition coefficient (Wildman–Crippen LogP) is 5.67. The number of methoxy groups -OCH3 is 1. The van der Waals surface area contributed by atoms with Crippen LogP contribution in [0, 0.1) is 29.1 Å². The third-order valence-electron chi connectivity index (χ3n) is 10.0. The van der Waals surface area contributed by atoms with Gasteiger partial charge in [0, 0.05) is 12.6 Å². The van der Waals surface area contributed by atoms with Crippen molar-refractivity contribution in [3.05, 3.63) is 23.3 Å². The molecule has 0 aromatic heterocycles. The van der Waals surface area contributed by atoms with Gasteiger partial charge in [0.2, 0.25) is 5.91 Å². The van der Waals surface area contributed by atoms with Crippen molar-refractivity contribution < 1.29 is 19.1 Å². The predicted molar refractivity (Wildman–Crippen MR) is 145 cm³/mol. The number of fused-ring (bicyclic) bond motifs is 2. The summed E-state index contributed by atoms with van der Waals surface area (Å²) in [7, 11) is 1.61. The fourth-order valence-electron chi connectivity index (χ4n) is 7.34. The molecule has 0 unspecified atom stereocenters. The number of nitrogens with one attached hydrogen (secondary N) is 2. The van der Waals surface area contributed by atoms with E-state index in [1.165, 1.54) is 32.1 Å². The van der Waals surface area contributed by atoms with Crippen molar-refractivity contribution in [3.63, 3.8) is 0 Å². The van der Waals surface area contributed by atoms with Gasteiger partial charge in [0.15, 0.2) is 0 Å². The number of amides is 2. The van der Waals surface area contributed by atoms with Gasteiger partial charge >= 0.3 is 0 Å². The van der Waals surface area contributed by atoms with Crippen molar-refractivity contribution in [2.24, 2.45) is 29.1 Å². The molecule has 2 bridgehead atoms. The molecular weight excluding hydrogens is 464 g/mol. The first-order valence-corrected chi connectivity index (χ1v) is 14.8. The Balaban J connectivity index is 1.31. The molecule has 0 heterocycles. The van der Waals surface area contributed by atoms with Crippen LogP contribution >= 0.6 is 0 Å². The van der Waals surface area contributed by atoms with Crippen LogP contribution in [-0.2, 0) is 11.2 Å². The van der Waals surface area contributed by atoms with Crippen molar-refractivity contribution in [3.8, 4) is 11.5 Å². The minimum Gasteiger partial charge on any atom is -0.496 e. The van der Waals surface area contributed by atoms with Crippen LogP contribution in [0.4, 0.5) is 0 Å². The zero-order chi connectivity index (χ0) is 26.2. The van der Waals surface area contributed by atoms with E-state index < -0.39 is 0 Å². The molecule has 4 atom stereocenters. The molecule has 1 aromatic carbocycles. The van der Waals surface area contributed by atoms with Crippen LogP contribution in [0.25, 0.3) is 0 Å². The van der Waals surface area contributed by atoms with Gasteiger partial charge in [-0.25, -0.2) is 0 Å². The van der Waals surface area contributed by atoms with E-state index >= 15 is 0 Å². The SMILES string of the molecule is CCc1cc(OC)c(C(=O)N[C@@H]2[C@H]3CC[C@H](C3)[C@@H]2C(=O)NCC2(C)CCC2)cc1OC1CCC(C)CC1. The molecule has 1 aromatic rings. The normalized spacial score (nSPS) is 31.9. The van der Waals surface area contributed by atoms with Gasteiger partial charge in [-0.2, -0.15) is 0 Å². The van der Waals surface area contributed by atoms with Gasteiger partial charge in [0.05, 0.1) is 24.7 Å². The molecule has 6 nitrogen and oxygen atoms in total. The molecule has 4 saturated carbocycles. The number of aryl methyl sites for hydroxylation is 1. The second-order valence-electron chi connectivity index (χ2n) is 12.8. The minimum absolute atomic E-state index is 0.120. The maximum atomic E-state index is 13.7. The van der Waals surface area contributed by atoms with E-state index in [-0.39, 0.29) is 35.3 Å². The molecule has 37 heavy (non-hydrogen) atoms. The van der Waals surface area contributed by atoms with Gasteiger partial charge < -0.3 is 20.1 Å². The lowest BCUT2D eigenvalue weighted by Gasteiger charge is -2.39. The highest BCUT2D eigenvalue weighted by molar-refractivity contribution is 5.98. The van der Waals surface area contributed by atoms with Crippen LogP contribution in [0.1, 0.15) is 101 Å². The van der Waals surface area contributed by atoms with Gasteiger partial charge in [0.25, 0.3) is 5.91 Å². The zero-order valence-electron chi connectivity index (χ0n) is 23.2. The van der Waals surface area contributed by atoms with Gasteiger partial charge in [-0.1, -0.05) is 27.2 Å². The lowest BCUT2D eigenvalue weighted by Crippen LogP contribution is -2.51. The van der Waals surface area contributed by atoms with Gasteiger partial charge in [-0.3, -0.25) is 9.59 Å². The van der Waals surface area contributed by atoms with Crippen molar-refractivity contribution in [2.45, 2.75) is 104 Å². The molecule has 2 amide bonds. The number of carbonyl (C=O) groups is 2. The van der Waals surface area contributed by atoms with Crippen LogP contribution in [0.2, 0.25) is 0 Å². The summed E-state index contributed by atoms with van der Waals surface area (Å²) in [5, 5.41) is 6.55. The fraction of sp³-hybridized carbons (Fsp3) is 0.742. The highest BCUT2D eigenvalue weighted by Gasteiger charge is 2.51. The lowest BCUT2D eigenvalue weighted by molar-refractivity contribution is -0.128. The first kappa shape index (κ1) is 26.4. The Morgan fingerprint density at radius 3 is 2.41 bits per heavy atom. The Hall–Kier alpha value is -2.24.